The number of hydrogen-bond acceptors (Lipinski definition) is 5. The Morgan fingerprint density at radius 3 is 2.95 bits per heavy atom. The van der Waals surface area contributed by atoms with E-state index >= 15 is 0 Å². The summed E-state index contributed by atoms with van der Waals surface area (Å²) in [6, 6.07) is 5.06. The first-order valence-corrected chi connectivity index (χ1v) is 8.66. The van der Waals surface area contributed by atoms with Crippen molar-refractivity contribution in [3.05, 3.63) is 18.2 Å². The average molecular weight is 312 g/mol. The Hall–Kier alpha value is -1.09. The summed E-state index contributed by atoms with van der Waals surface area (Å²) in [7, 11) is -3.55. The van der Waals surface area contributed by atoms with Crippen molar-refractivity contribution in [1.82, 2.24) is 4.31 Å². The van der Waals surface area contributed by atoms with Gasteiger partial charge in [0, 0.05) is 18.6 Å². The second-order valence-electron chi connectivity index (χ2n) is 5.14. The number of nitrogens with two attached hydrogens (primary N) is 1. The minimum Gasteiger partial charge on any atom is -0.328 e. The van der Waals surface area contributed by atoms with E-state index in [0.717, 1.165) is 11.4 Å². The molecule has 6 nitrogen and oxygen atoms in total. The fourth-order valence-electron chi connectivity index (χ4n) is 2.66. The summed E-state index contributed by atoms with van der Waals surface area (Å²) in [4.78, 5) is 0.242. The molecule has 2 atom stereocenters. The van der Waals surface area contributed by atoms with Gasteiger partial charge in [-0.05, 0) is 31.9 Å². The lowest BCUT2D eigenvalue weighted by Crippen LogP contribution is -2.48. The van der Waals surface area contributed by atoms with Crippen LogP contribution in [0.2, 0.25) is 0 Å². The van der Waals surface area contributed by atoms with Crippen molar-refractivity contribution in [3.8, 4) is 0 Å². The highest BCUT2D eigenvalue weighted by atomic mass is 32.2. The Bertz CT molecular complexity index is 710. The van der Waals surface area contributed by atoms with Crippen LogP contribution in [0.5, 0.6) is 0 Å². The lowest BCUT2D eigenvalue weighted by atomic mass is 10.0. The number of benzene rings is 1. The molecule has 8 heteroatoms. The minimum absolute atomic E-state index is 0.0770. The number of hydrogen-bond donors (Lipinski definition) is 1. The van der Waals surface area contributed by atoms with Gasteiger partial charge in [0.1, 0.15) is 16.3 Å². The van der Waals surface area contributed by atoms with Crippen LogP contribution in [-0.4, -0.2) is 31.4 Å². The Kier molecular flexibility index (Phi) is 3.49. The molecule has 1 saturated heterocycles. The van der Waals surface area contributed by atoms with Crippen LogP contribution in [-0.2, 0) is 21.4 Å². The molecule has 20 heavy (non-hydrogen) atoms. The lowest BCUT2D eigenvalue weighted by Gasteiger charge is -2.35. The van der Waals surface area contributed by atoms with E-state index in [-0.39, 0.29) is 17.0 Å². The standard InChI is InChI=1S/C12H16N4O2S2/c1-8-7-9(13)5-6-16(8)20(17,18)11-4-2-3-10-12(11)15-19-14-10/h2-4,8-9H,5-7,13H2,1H3. The van der Waals surface area contributed by atoms with Gasteiger partial charge in [-0.3, -0.25) is 0 Å². The Morgan fingerprint density at radius 1 is 1.40 bits per heavy atom. The lowest BCUT2D eigenvalue weighted by molar-refractivity contribution is 0.247. The third-order valence-corrected chi connectivity index (χ3v) is 6.28. The van der Waals surface area contributed by atoms with Crippen LogP contribution in [0, 0.1) is 0 Å². The molecule has 0 aromatic heterocycles. The first-order valence-electron chi connectivity index (χ1n) is 6.49. The first kappa shape index (κ1) is 13.9. The van der Waals surface area contributed by atoms with E-state index in [1.165, 1.54) is 4.31 Å². The Morgan fingerprint density at radius 2 is 2.20 bits per heavy atom. The van der Waals surface area contributed by atoms with Gasteiger partial charge < -0.3 is 5.73 Å². The number of piperidine rings is 1. The molecular formula is C12H16N4O2S2. The van der Waals surface area contributed by atoms with Gasteiger partial charge in [0.05, 0.1) is 11.4 Å². The highest BCUT2D eigenvalue weighted by Crippen LogP contribution is 2.39. The molecule has 0 amide bonds. The van der Waals surface area contributed by atoms with Gasteiger partial charge in [-0.15, -0.1) is 0 Å². The highest BCUT2D eigenvalue weighted by Gasteiger charge is 2.35. The normalized spacial score (nSPS) is 26.3. The third kappa shape index (κ3) is 2.22. The quantitative estimate of drug-likeness (QED) is 0.918. The number of nitrogens with zero attached hydrogens (tertiary/aromatic N) is 3. The second kappa shape index (κ2) is 5.03. The zero-order valence-electron chi connectivity index (χ0n) is 11.1. The van der Waals surface area contributed by atoms with Crippen molar-refractivity contribution >= 4 is 32.8 Å². The summed E-state index contributed by atoms with van der Waals surface area (Å²) in [5.41, 5.74) is 6.98. The van der Waals surface area contributed by atoms with E-state index in [0.29, 0.717) is 30.8 Å². The summed E-state index contributed by atoms with van der Waals surface area (Å²) in [6.07, 6.45) is 1.37. The zero-order chi connectivity index (χ0) is 14.3. The van der Waals surface area contributed by atoms with Crippen LogP contribution in [0.25, 0.3) is 0 Å². The maximum Gasteiger partial charge on any atom is 0.245 e. The largest absolute Gasteiger partial charge is 0.328 e. The molecule has 0 aliphatic carbocycles. The monoisotopic (exact) mass is 312 g/mol. The molecule has 0 spiro atoms. The Labute approximate surface area is 121 Å². The molecule has 2 aliphatic heterocycles. The van der Waals surface area contributed by atoms with E-state index < -0.39 is 10.0 Å². The maximum absolute atomic E-state index is 12.8. The van der Waals surface area contributed by atoms with E-state index in [4.69, 9.17) is 5.73 Å². The number of fused-ring (bicyclic) bond motifs is 1. The van der Waals surface area contributed by atoms with E-state index in [1.807, 2.05) is 6.92 Å². The molecule has 3 rings (SSSR count). The topological polar surface area (TPSA) is 88.1 Å². The van der Waals surface area contributed by atoms with Crippen molar-refractivity contribution in [3.63, 3.8) is 0 Å². The Balaban J connectivity index is 2.01. The van der Waals surface area contributed by atoms with Crippen LogP contribution < -0.4 is 5.73 Å². The SMILES string of the molecule is CC1CC(N)CCN1S(=O)(=O)c1cccc2c1N=S=N2. The van der Waals surface area contributed by atoms with E-state index in [1.54, 1.807) is 18.2 Å². The zero-order valence-corrected chi connectivity index (χ0v) is 12.7. The van der Waals surface area contributed by atoms with Gasteiger partial charge in [-0.25, -0.2) is 8.42 Å². The summed E-state index contributed by atoms with van der Waals surface area (Å²) in [5, 5.41) is 0. The van der Waals surface area contributed by atoms with Crippen LogP contribution in [0.3, 0.4) is 0 Å². The molecule has 1 fully saturated rings. The van der Waals surface area contributed by atoms with E-state index in [2.05, 4.69) is 8.73 Å². The van der Waals surface area contributed by atoms with Crippen molar-refractivity contribution in [1.29, 1.82) is 0 Å². The van der Waals surface area contributed by atoms with Crippen molar-refractivity contribution in [2.45, 2.75) is 36.7 Å². The fraction of sp³-hybridized carbons (Fsp3) is 0.500. The highest BCUT2D eigenvalue weighted by molar-refractivity contribution is 7.89. The predicted molar refractivity (Wildman–Crippen MR) is 78.5 cm³/mol. The summed E-state index contributed by atoms with van der Waals surface area (Å²) >= 11 is 1.03. The second-order valence-corrected chi connectivity index (χ2v) is 7.52. The molecule has 108 valence electrons. The van der Waals surface area contributed by atoms with Gasteiger partial charge >= 0.3 is 0 Å². The predicted octanol–water partition coefficient (Wildman–Crippen LogP) is 1.91. The molecule has 2 N–H and O–H groups in total. The molecule has 1 aromatic rings. The summed E-state index contributed by atoms with van der Waals surface area (Å²) in [5.74, 6) is 0. The van der Waals surface area contributed by atoms with Crippen LogP contribution in [0.15, 0.2) is 31.8 Å². The van der Waals surface area contributed by atoms with Crippen molar-refractivity contribution in [2.24, 2.45) is 14.5 Å². The molecule has 2 unspecified atom stereocenters. The first-order chi connectivity index (χ1) is 9.50. The molecular weight excluding hydrogens is 296 g/mol. The molecule has 0 saturated carbocycles. The summed E-state index contributed by atoms with van der Waals surface area (Å²) < 4.78 is 35.4. The van der Waals surface area contributed by atoms with Gasteiger partial charge in [0.25, 0.3) is 0 Å². The van der Waals surface area contributed by atoms with Crippen LogP contribution in [0.1, 0.15) is 19.8 Å². The van der Waals surface area contributed by atoms with Crippen molar-refractivity contribution < 1.29 is 8.42 Å². The number of sulfonamides is 1. The summed E-state index contributed by atoms with van der Waals surface area (Å²) in [6.45, 7) is 2.36. The van der Waals surface area contributed by atoms with Gasteiger partial charge in [-0.2, -0.15) is 13.0 Å². The van der Waals surface area contributed by atoms with E-state index in [9.17, 15) is 8.42 Å². The fourth-order valence-corrected chi connectivity index (χ4v) is 5.07. The molecule has 1 aromatic carbocycles. The molecule has 0 radical (unpaired) electrons. The third-order valence-electron chi connectivity index (χ3n) is 3.69. The number of rotatable bonds is 2. The molecule has 2 aliphatic rings. The molecule has 0 bridgehead atoms. The van der Waals surface area contributed by atoms with Gasteiger partial charge in [0.2, 0.25) is 10.0 Å². The van der Waals surface area contributed by atoms with Crippen LogP contribution in [0.4, 0.5) is 11.4 Å². The maximum atomic E-state index is 12.8. The minimum atomic E-state index is -3.55. The average Bonchev–Trinajstić information content (AvgIpc) is 2.85. The van der Waals surface area contributed by atoms with Gasteiger partial charge in [-0.1, -0.05) is 6.07 Å². The van der Waals surface area contributed by atoms with Crippen molar-refractivity contribution in [2.75, 3.05) is 6.54 Å². The van der Waals surface area contributed by atoms with Gasteiger partial charge in [0.15, 0.2) is 0 Å². The smallest absolute Gasteiger partial charge is 0.245 e. The van der Waals surface area contributed by atoms with Crippen LogP contribution >= 0.6 is 0 Å². The molecule has 2 heterocycles.